The number of carbonyl (C=O) groups excluding carboxylic acids is 1. The molecule has 0 spiro atoms. The molecule has 0 aromatic carbocycles. The van der Waals surface area contributed by atoms with E-state index in [2.05, 4.69) is 12.2 Å². The molecule has 5 nitrogen and oxygen atoms in total. The molecule has 0 rings (SSSR count). The average molecular weight is 303 g/mol. The molecule has 0 bridgehead atoms. The van der Waals surface area contributed by atoms with E-state index in [0.717, 1.165) is 32.3 Å². The van der Waals surface area contributed by atoms with E-state index in [1.54, 1.807) is 0 Å². The third-order valence-electron chi connectivity index (χ3n) is 3.51. The van der Waals surface area contributed by atoms with Crippen LogP contribution in [0.25, 0.3) is 0 Å². The van der Waals surface area contributed by atoms with Gasteiger partial charge in [-0.15, -0.1) is 0 Å². The summed E-state index contributed by atoms with van der Waals surface area (Å²) in [5, 5.41) is 12.4. The number of alkyl carbamates (subject to hydrolysis) is 1. The molecule has 0 saturated carbocycles. The van der Waals surface area contributed by atoms with Crippen LogP contribution in [0.5, 0.6) is 0 Å². The second kappa shape index (κ2) is 10.0. The molecule has 0 aliphatic heterocycles. The van der Waals surface area contributed by atoms with E-state index >= 15 is 0 Å². The lowest BCUT2D eigenvalue weighted by Crippen LogP contribution is -2.42. The maximum Gasteiger partial charge on any atom is 0.407 e. The summed E-state index contributed by atoms with van der Waals surface area (Å²) >= 11 is 0. The highest BCUT2D eigenvalue weighted by molar-refractivity contribution is 5.67. The second-order valence-corrected chi connectivity index (χ2v) is 6.58. The molecular weight excluding hydrogens is 270 g/mol. The van der Waals surface area contributed by atoms with Crippen LogP contribution in [-0.2, 0) is 9.47 Å². The Labute approximate surface area is 129 Å². The number of ether oxygens (including phenoxy) is 2. The number of hydrogen-bond acceptors (Lipinski definition) is 4. The predicted molar refractivity (Wildman–Crippen MR) is 84.4 cm³/mol. The molecule has 0 fully saturated rings. The zero-order valence-electron chi connectivity index (χ0n) is 14.3. The molecule has 0 heterocycles. The molecule has 2 N–H and O–H groups in total. The van der Waals surface area contributed by atoms with E-state index in [1.165, 1.54) is 0 Å². The molecule has 21 heavy (non-hydrogen) atoms. The number of amides is 1. The Balaban J connectivity index is 4.23. The zero-order chi connectivity index (χ0) is 16.4. The van der Waals surface area contributed by atoms with Crippen molar-refractivity contribution in [2.45, 2.75) is 65.9 Å². The summed E-state index contributed by atoms with van der Waals surface area (Å²) in [4.78, 5) is 11.7. The number of carbonyl (C=O) groups is 1. The monoisotopic (exact) mass is 303 g/mol. The standard InChI is InChI=1S/C16H33NO4/c1-6-8-10-20-11-9-16(7-2,13-18)12-17-14(19)21-15(3,4)5/h18H,6-13H2,1-5H3,(H,17,19). The van der Waals surface area contributed by atoms with E-state index in [9.17, 15) is 9.90 Å². The largest absolute Gasteiger partial charge is 0.444 e. The van der Waals surface area contributed by atoms with Crippen LogP contribution < -0.4 is 5.32 Å². The normalized spacial score (nSPS) is 14.6. The summed E-state index contributed by atoms with van der Waals surface area (Å²) in [5.74, 6) is 0. The molecule has 1 atom stereocenters. The van der Waals surface area contributed by atoms with Crippen LogP contribution in [0.2, 0.25) is 0 Å². The van der Waals surface area contributed by atoms with Gasteiger partial charge >= 0.3 is 6.09 Å². The van der Waals surface area contributed by atoms with Crippen LogP contribution in [0.3, 0.4) is 0 Å². The van der Waals surface area contributed by atoms with E-state index in [-0.39, 0.29) is 12.0 Å². The third kappa shape index (κ3) is 9.69. The summed E-state index contributed by atoms with van der Waals surface area (Å²) in [6.45, 7) is 11.4. The van der Waals surface area contributed by atoms with Gasteiger partial charge in [-0.2, -0.15) is 0 Å². The van der Waals surface area contributed by atoms with E-state index in [0.29, 0.717) is 13.2 Å². The van der Waals surface area contributed by atoms with Crippen LogP contribution >= 0.6 is 0 Å². The molecule has 0 aliphatic carbocycles. The first-order valence-corrected chi connectivity index (χ1v) is 7.94. The van der Waals surface area contributed by atoms with Crippen molar-refractivity contribution in [3.63, 3.8) is 0 Å². The summed E-state index contributed by atoms with van der Waals surface area (Å²) in [5.41, 5.74) is -0.857. The first-order valence-electron chi connectivity index (χ1n) is 7.94. The van der Waals surface area contributed by atoms with Crippen LogP contribution in [-0.4, -0.2) is 43.2 Å². The quantitative estimate of drug-likeness (QED) is 0.609. The Morgan fingerprint density at radius 2 is 1.86 bits per heavy atom. The molecule has 0 aliphatic rings. The molecule has 0 saturated heterocycles. The molecule has 1 amide bonds. The van der Waals surface area contributed by atoms with Gasteiger partial charge in [-0.05, 0) is 40.0 Å². The fraction of sp³-hybridized carbons (Fsp3) is 0.938. The maximum atomic E-state index is 11.7. The smallest absolute Gasteiger partial charge is 0.407 e. The Morgan fingerprint density at radius 3 is 2.33 bits per heavy atom. The molecule has 1 unspecified atom stereocenters. The molecule has 0 radical (unpaired) electrons. The molecule has 0 aromatic heterocycles. The lowest BCUT2D eigenvalue weighted by atomic mass is 9.83. The summed E-state index contributed by atoms with van der Waals surface area (Å²) in [6, 6.07) is 0. The Kier molecular flexibility index (Phi) is 9.62. The third-order valence-corrected chi connectivity index (χ3v) is 3.51. The van der Waals surface area contributed by atoms with Crippen molar-refractivity contribution in [3.05, 3.63) is 0 Å². The number of nitrogens with one attached hydrogen (secondary N) is 1. The molecule has 5 heteroatoms. The fourth-order valence-corrected chi connectivity index (χ4v) is 1.85. The molecular formula is C16H33NO4. The van der Waals surface area contributed by atoms with Crippen molar-refractivity contribution in [2.24, 2.45) is 5.41 Å². The minimum atomic E-state index is -0.512. The Hall–Kier alpha value is -0.810. The maximum absolute atomic E-state index is 11.7. The van der Waals surface area contributed by atoms with Crippen LogP contribution in [0, 0.1) is 5.41 Å². The summed E-state index contributed by atoms with van der Waals surface area (Å²) in [7, 11) is 0. The number of hydrogen-bond donors (Lipinski definition) is 2. The highest BCUT2D eigenvalue weighted by Crippen LogP contribution is 2.25. The number of unbranched alkanes of at least 4 members (excludes halogenated alkanes) is 1. The van der Waals surface area contributed by atoms with Gasteiger partial charge in [0.25, 0.3) is 0 Å². The summed E-state index contributed by atoms with van der Waals surface area (Å²) < 4.78 is 10.8. The van der Waals surface area contributed by atoms with Crippen LogP contribution in [0.15, 0.2) is 0 Å². The van der Waals surface area contributed by atoms with E-state index in [1.807, 2.05) is 27.7 Å². The van der Waals surface area contributed by atoms with Crippen LogP contribution in [0.4, 0.5) is 4.79 Å². The van der Waals surface area contributed by atoms with Gasteiger partial charge in [-0.25, -0.2) is 4.79 Å². The molecule has 0 aromatic rings. The van der Waals surface area contributed by atoms with Crippen molar-refractivity contribution >= 4 is 6.09 Å². The number of aliphatic hydroxyl groups excluding tert-OH is 1. The second-order valence-electron chi connectivity index (χ2n) is 6.58. The van der Waals surface area contributed by atoms with E-state index < -0.39 is 11.7 Å². The SMILES string of the molecule is CCCCOCCC(CC)(CO)CNC(=O)OC(C)(C)C. The minimum Gasteiger partial charge on any atom is -0.444 e. The van der Waals surface area contributed by atoms with Gasteiger partial charge in [0.05, 0.1) is 6.61 Å². The number of rotatable bonds is 10. The molecule has 126 valence electrons. The van der Waals surface area contributed by atoms with Crippen LogP contribution in [0.1, 0.15) is 60.3 Å². The van der Waals surface area contributed by atoms with Crippen molar-refractivity contribution in [1.82, 2.24) is 5.32 Å². The van der Waals surface area contributed by atoms with Crippen molar-refractivity contribution < 1.29 is 19.4 Å². The van der Waals surface area contributed by atoms with Gasteiger partial charge in [0.15, 0.2) is 0 Å². The van der Waals surface area contributed by atoms with Gasteiger partial charge in [-0.1, -0.05) is 20.3 Å². The van der Waals surface area contributed by atoms with Crippen molar-refractivity contribution in [1.29, 1.82) is 0 Å². The fourth-order valence-electron chi connectivity index (χ4n) is 1.85. The van der Waals surface area contributed by atoms with Crippen molar-refractivity contribution in [3.8, 4) is 0 Å². The number of aliphatic hydroxyl groups is 1. The van der Waals surface area contributed by atoms with Crippen molar-refractivity contribution in [2.75, 3.05) is 26.4 Å². The first-order chi connectivity index (χ1) is 9.78. The first kappa shape index (κ1) is 20.2. The minimum absolute atomic E-state index is 0.0242. The topological polar surface area (TPSA) is 67.8 Å². The van der Waals surface area contributed by atoms with Gasteiger partial charge in [0.2, 0.25) is 0 Å². The van der Waals surface area contributed by atoms with Gasteiger partial charge in [0.1, 0.15) is 5.60 Å². The zero-order valence-corrected chi connectivity index (χ0v) is 14.3. The lowest BCUT2D eigenvalue weighted by Gasteiger charge is -2.31. The average Bonchev–Trinajstić information content (AvgIpc) is 2.40. The highest BCUT2D eigenvalue weighted by atomic mass is 16.6. The lowest BCUT2D eigenvalue weighted by molar-refractivity contribution is 0.0351. The Bertz CT molecular complexity index is 282. The predicted octanol–water partition coefficient (Wildman–Crippen LogP) is 3.11. The summed E-state index contributed by atoms with van der Waals surface area (Å²) in [6.07, 6.45) is 3.21. The van der Waals surface area contributed by atoms with Gasteiger partial charge < -0.3 is 19.9 Å². The highest BCUT2D eigenvalue weighted by Gasteiger charge is 2.28. The van der Waals surface area contributed by atoms with E-state index in [4.69, 9.17) is 9.47 Å². The Morgan fingerprint density at radius 1 is 1.19 bits per heavy atom. The van der Waals surface area contributed by atoms with Gasteiger partial charge in [-0.3, -0.25) is 0 Å². The van der Waals surface area contributed by atoms with Gasteiger partial charge in [0, 0.05) is 25.2 Å².